The van der Waals surface area contributed by atoms with Gasteiger partial charge in [0.25, 0.3) is 5.69 Å². The Morgan fingerprint density at radius 3 is 2.50 bits per heavy atom. The summed E-state index contributed by atoms with van der Waals surface area (Å²) in [5, 5.41) is 10.5. The van der Waals surface area contributed by atoms with Gasteiger partial charge in [-0.3, -0.25) is 10.1 Å². The summed E-state index contributed by atoms with van der Waals surface area (Å²) in [5.41, 5.74) is 0.138. The van der Waals surface area contributed by atoms with Crippen LogP contribution >= 0.6 is 0 Å². The molecular weight excluding hydrogens is 234 g/mol. The lowest BCUT2D eigenvalue weighted by atomic mass is 10.2. The van der Waals surface area contributed by atoms with Crippen molar-refractivity contribution < 1.29 is 18.1 Å². The van der Waals surface area contributed by atoms with Crippen LogP contribution < -0.4 is 4.74 Å². The first-order valence-corrected chi connectivity index (χ1v) is 6.38. The SMILES string of the molecule is COc1ccc([N+](=O)[O-])cc1CS(C)(=O)=O. The van der Waals surface area contributed by atoms with Gasteiger partial charge in [0.15, 0.2) is 9.84 Å². The molecule has 0 saturated heterocycles. The molecule has 1 rings (SSSR count). The van der Waals surface area contributed by atoms with Gasteiger partial charge in [0, 0.05) is 24.0 Å². The van der Waals surface area contributed by atoms with Gasteiger partial charge in [0.2, 0.25) is 0 Å². The molecule has 0 aliphatic heterocycles. The van der Waals surface area contributed by atoms with Crippen LogP contribution in [0.15, 0.2) is 18.2 Å². The van der Waals surface area contributed by atoms with Crippen molar-refractivity contribution in [1.29, 1.82) is 0 Å². The normalized spacial score (nSPS) is 11.1. The van der Waals surface area contributed by atoms with Crippen molar-refractivity contribution in [1.82, 2.24) is 0 Å². The molecule has 0 saturated carbocycles. The number of ether oxygens (including phenoxy) is 1. The maximum absolute atomic E-state index is 11.1. The second-order valence-electron chi connectivity index (χ2n) is 3.32. The maximum Gasteiger partial charge on any atom is 0.270 e. The van der Waals surface area contributed by atoms with E-state index in [1.807, 2.05) is 0 Å². The second kappa shape index (κ2) is 4.48. The molecule has 0 aliphatic rings. The molecule has 0 heterocycles. The monoisotopic (exact) mass is 245 g/mol. The van der Waals surface area contributed by atoms with Crippen LogP contribution in [0.3, 0.4) is 0 Å². The predicted molar refractivity (Wildman–Crippen MR) is 58.2 cm³/mol. The van der Waals surface area contributed by atoms with Gasteiger partial charge >= 0.3 is 0 Å². The van der Waals surface area contributed by atoms with E-state index in [1.165, 1.54) is 25.3 Å². The number of rotatable bonds is 4. The average molecular weight is 245 g/mol. The van der Waals surface area contributed by atoms with Crippen LogP contribution in [0.4, 0.5) is 5.69 Å². The van der Waals surface area contributed by atoms with Crippen molar-refractivity contribution in [2.24, 2.45) is 0 Å². The van der Waals surface area contributed by atoms with Gasteiger partial charge in [-0.05, 0) is 6.07 Å². The van der Waals surface area contributed by atoms with E-state index in [1.54, 1.807) is 0 Å². The van der Waals surface area contributed by atoms with Gasteiger partial charge in [-0.25, -0.2) is 8.42 Å². The quantitative estimate of drug-likeness (QED) is 0.586. The summed E-state index contributed by atoms with van der Waals surface area (Å²) in [6.45, 7) is 0. The molecule has 0 spiro atoms. The Morgan fingerprint density at radius 1 is 1.44 bits per heavy atom. The number of hydrogen-bond donors (Lipinski definition) is 0. The Morgan fingerprint density at radius 2 is 2.06 bits per heavy atom. The van der Waals surface area contributed by atoms with E-state index >= 15 is 0 Å². The van der Waals surface area contributed by atoms with E-state index in [0.29, 0.717) is 11.3 Å². The third-order valence-electron chi connectivity index (χ3n) is 1.89. The highest BCUT2D eigenvalue weighted by Gasteiger charge is 2.15. The Balaban J connectivity index is 3.22. The smallest absolute Gasteiger partial charge is 0.270 e. The van der Waals surface area contributed by atoms with Gasteiger partial charge in [-0.15, -0.1) is 0 Å². The minimum Gasteiger partial charge on any atom is -0.496 e. The fourth-order valence-corrected chi connectivity index (χ4v) is 2.06. The summed E-state index contributed by atoms with van der Waals surface area (Å²) in [6.07, 6.45) is 1.06. The third-order valence-corrected chi connectivity index (χ3v) is 2.73. The highest BCUT2D eigenvalue weighted by molar-refractivity contribution is 7.89. The van der Waals surface area contributed by atoms with Gasteiger partial charge in [-0.2, -0.15) is 0 Å². The number of methoxy groups -OCH3 is 1. The van der Waals surface area contributed by atoms with Crippen molar-refractivity contribution in [2.45, 2.75) is 5.75 Å². The van der Waals surface area contributed by atoms with Gasteiger partial charge < -0.3 is 4.74 Å². The second-order valence-corrected chi connectivity index (χ2v) is 5.46. The van der Waals surface area contributed by atoms with Crippen molar-refractivity contribution in [3.05, 3.63) is 33.9 Å². The Labute approximate surface area is 92.9 Å². The first-order valence-electron chi connectivity index (χ1n) is 4.32. The summed E-state index contributed by atoms with van der Waals surface area (Å²) in [5.74, 6) is 0.0497. The molecule has 6 nitrogen and oxygen atoms in total. The van der Waals surface area contributed by atoms with Crippen molar-refractivity contribution >= 4 is 15.5 Å². The van der Waals surface area contributed by atoms with Crippen molar-refractivity contribution in [2.75, 3.05) is 13.4 Å². The molecule has 0 N–H and O–H groups in total. The standard InChI is InChI=1S/C9H11NO5S/c1-15-9-4-3-8(10(11)12)5-7(9)6-16(2,13)14/h3-5H,6H2,1-2H3. The molecule has 0 aliphatic carbocycles. The van der Waals surface area contributed by atoms with E-state index in [0.717, 1.165) is 6.26 Å². The predicted octanol–water partition coefficient (Wildman–Crippen LogP) is 1.15. The number of hydrogen-bond acceptors (Lipinski definition) is 5. The lowest BCUT2D eigenvalue weighted by Gasteiger charge is -2.06. The van der Waals surface area contributed by atoms with Crippen LogP contribution in [0.2, 0.25) is 0 Å². The number of nitro groups is 1. The fourth-order valence-electron chi connectivity index (χ4n) is 1.27. The highest BCUT2D eigenvalue weighted by atomic mass is 32.2. The minimum absolute atomic E-state index is 0.153. The van der Waals surface area contributed by atoms with E-state index in [9.17, 15) is 18.5 Å². The summed E-state index contributed by atoms with van der Waals surface area (Å²) in [6, 6.07) is 3.86. The number of sulfone groups is 1. The van der Waals surface area contributed by atoms with Gasteiger partial charge in [-0.1, -0.05) is 0 Å². The Bertz CT molecular complexity index is 509. The topological polar surface area (TPSA) is 86.5 Å². The van der Waals surface area contributed by atoms with Crippen LogP contribution in [-0.2, 0) is 15.6 Å². The molecule has 0 unspecified atom stereocenters. The molecular formula is C9H11NO5S. The summed E-state index contributed by atoms with van der Waals surface area (Å²) in [7, 11) is -1.87. The number of benzene rings is 1. The fraction of sp³-hybridized carbons (Fsp3) is 0.333. The van der Waals surface area contributed by atoms with E-state index < -0.39 is 14.8 Å². The molecule has 88 valence electrons. The number of nitrogens with zero attached hydrogens (tertiary/aromatic N) is 1. The largest absolute Gasteiger partial charge is 0.496 e. The highest BCUT2D eigenvalue weighted by Crippen LogP contribution is 2.25. The zero-order chi connectivity index (χ0) is 12.3. The lowest BCUT2D eigenvalue weighted by molar-refractivity contribution is -0.384. The van der Waals surface area contributed by atoms with E-state index in [2.05, 4.69) is 0 Å². The zero-order valence-corrected chi connectivity index (χ0v) is 9.65. The molecule has 7 heteroatoms. The van der Waals surface area contributed by atoms with Crippen LogP contribution in [0, 0.1) is 10.1 Å². The van der Waals surface area contributed by atoms with Crippen LogP contribution in [0.1, 0.15) is 5.56 Å². The molecule has 0 atom stereocenters. The molecule has 1 aromatic carbocycles. The van der Waals surface area contributed by atoms with Crippen molar-refractivity contribution in [3.8, 4) is 5.75 Å². The van der Waals surface area contributed by atoms with Crippen LogP contribution in [0.5, 0.6) is 5.75 Å². The first kappa shape index (κ1) is 12.4. The van der Waals surface area contributed by atoms with Crippen LogP contribution in [0.25, 0.3) is 0 Å². The van der Waals surface area contributed by atoms with Gasteiger partial charge in [0.1, 0.15) is 5.75 Å². The molecule has 1 aromatic rings. The maximum atomic E-state index is 11.1. The van der Waals surface area contributed by atoms with Crippen LogP contribution in [-0.4, -0.2) is 26.7 Å². The first-order chi connectivity index (χ1) is 7.33. The molecule has 0 aromatic heterocycles. The van der Waals surface area contributed by atoms with Gasteiger partial charge in [0.05, 0.1) is 17.8 Å². The molecule has 0 bridgehead atoms. The zero-order valence-electron chi connectivity index (χ0n) is 8.84. The van der Waals surface area contributed by atoms with Crippen molar-refractivity contribution in [3.63, 3.8) is 0 Å². The Kier molecular flexibility index (Phi) is 3.48. The summed E-state index contributed by atoms with van der Waals surface area (Å²) < 4.78 is 27.2. The lowest BCUT2D eigenvalue weighted by Crippen LogP contribution is -2.03. The average Bonchev–Trinajstić information content (AvgIpc) is 2.15. The molecule has 0 amide bonds. The minimum atomic E-state index is -3.25. The molecule has 0 radical (unpaired) electrons. The third kappa shape index (κ3) is 3.20. The summed E-state index contributed by atoms with van der Waals surface area (Å²) >= 11 is 0. The molecule has 16 heavy (non-hydrogen) atoms. The number of nitro benzene ring substituents is 1. The summed E-state index contributed by atoms with van der Waals surface area (Å²) in [4.78, 5) is 9.96. The molecule has 0 fully saturated rings. The Hall–Kier alpha value is -1.63. The van der Waals surface area contributed by atoms with E-state index in [-0.39, 0.29) is 11.4 Å². The van der Waals surface area contributed by atoms with E-state index in [4.69, 9.17) is 4.74 Å². The number of non-ortho nitro benzene ring substituents is 1.